The number of H-pyrrole nitrogens is 1. The van der Waals surface area contributed by atoms with Gasteiger partial charge in [-0.25, -0.2) is 18.3 Å². The van der Waals surface area contributed by atoms with Gasteiger partial charge in [0.25, 0.3) is 5.56 Å². The zero-order valence-corrected chi connectivity index (χ0v) is 12.7. The van der Waals surface area contributed by atoms with Crippen LogP contribution >= 0.6 is 12.6 Å². The minimum absolute atomic E-state index is 0.0321. The molecule has 0 radical (unpaired) electrons. The van der Waals surface area contributed by atoms with Crippen LogP contribution in [0.4, 0.5) is 8.78 Å². The second-order valence-electron chi connectivity index (χ2n) is 4.95. The lowest BCUT2D eigenvalue weighted by molar-refractivity contribution is 0.500. The quantitative estimate of drug-likeness (QED) is 0.708. The van der Waals surface area contributed by atoms with Crippen LogP contribution in [0.3, 0.4) is 0 Å². The molecule has 1 N–H and O–H groups in total. The molecule has 1 unspecified atom stereocenters. The molecule has 0 saturated carbocycles. The van der Waals surface area contributed by atoms with Gasteiger partial charge in [-0.05, 0) is 13.0 Å². The number of aromatic nitrogens is 3. The maximum Gasteiger partial charge on any atom is 0.272 e. The van der Waals surface area contributed by atoms with Gasteiger partial charge in [-0.3, -0.25) is 9.89 Å². The number of rotatable bonds is 2. The van der Waals surface area contributed by atoms with Crippen molar-refractivity contribution in [1.82, 2.24) is 14.6 Å². The summed E-state index contributed by atoms with van der Waals surface area (Å²) in [6.45, 7) is 1.64. The lowest BCUT2D eigenvalue weighted by Crippen LogP contribution is -2.17. The van der Waals surface area contributed by atoms with E-state index in [1.807, 2.05) is 6.07 Å². The summed E-state index contributed by atoms with van der Waals surface area (Å²) in [5.41, 5.74) is 0.466. The van der Waals surface area contributed by atoms with Gasteiger partial charge in [0.1, 0.15) is 11.6 Å². The molecule has 1 atom stereocenters. The molecule has 1 aromatic carbocycles. The number of nitrogens with one attached hydrogen (secondary N) is 1. The molecule has 5 nitrogen and oxygen atoms in total. The molecule has 2 heterocycles. The molecule has 0 fully saturated rings. The van der Waals surface area contributed by atoms with Gasteiger partial charge >= 0.3 is 0 Å². The van der Waals surface area contributed by atoms with Crippen LogP contribution in [0.15, 0.2) is 29.1 Å². The van der Waals surface area contributed by atoms with Crippen molar-refractivity contribution >= 4 is 18.3 Å². The van der Waals surface area contributed by atoms with Crippen molar-refractivity contribution < 1.29 is 8.78 Å². The number of thiol groups is 1. The SMILES string of the molecule is Cc1[nH]n2c(=O)cc(C(S)c3cccc(F)c3F)nc2c1C#N. The molecule has 3 rings (SSSR count). The van der Waals surface area contributed by atoms with Crippen LogP contribution in [0.25, 0.3) is 5.65 Å². The molecule has 116 valence electrons. The average Bonchev–Trinajstić information content (AvgIpc) is 2.85. The number of nitrogens with zero attached hydrogens (tertiary/aromatic N) is 3. The minimum atomic E-state index is -1.04. The van der Waals surface area contributed by atoms with Gasteiger partial charge in [0.2, 0.25) is 0 Å². The number of aromatic amines is 1. The maximum absolute atomic E-state index is 13.9. The van der Waals surface area contributed by atoms with E-state index >= 15 is 0 Å². The van der Waals surface area contributed by atoms with Crippen LogP contribution in [0, 0.1) is 29.9 Å². The molecule has 0 aliphatic carbocycles. The van der Waals surface area contributed by atoms with Crippen molar-refractivity contribution in [2.75, 3.05) is 0 Å². The minimum Gasteiger partial charge on any atom is -0.293 e. The summed E-state index contributed by atoms with van der Waals surface area (Å²) in [6, 6.07) is 6.85. The van der Waals surface area contributed by atoms with E-state index in [9.17, 15) is 13.6 Å². The molecule has 2 aromatic heterocycles. The topological polar surface area (TPSA) is 73.9 Å². The Balaban J connectivity index is 2.22. The van der Waals surface area contributed by atoms with Crippen molar-refractivity contribution in [2.45, 2.75) is 12.2 Å². The van der Waals surface area contributed by atoms with E-state index in [0.717, 1.165) is 10.6 Å². The Labute approximate surface area is 134 Å². The van der Waals surface area contributed by atoms with Crippen LogP contribution in [-0.4, -0.2) is 14.6 Å². The number of hydrogen-bond acceptors (Lipinski definition) is 4. The summed E-state index contributed by atoms with van der Waals surface area (Å²) < 4.78 is 28.4. The van der Waals surface area contributed by atoms with E-state index < -0.39 is 22.4 Å². The monoisotopic (exact) mass is 332 g/mol. The van der Waals surface area contributed by atoms with Crippen molar-refractivity contribution in [3.8, 4) is 6.07 Å². The fourth-order valence-corrected chi connectivity index (χ4v) is 2.66. The number of fused-ring (bicyclic) bond motifs is 1. The summed E-state index contributed by atoms with van der Waals surface area (Å²) >= 11 is 4.26. The van der Waals surface area contributed by atoms with Crippen LogP contribution in [0.5, 0.6) is 0 Å². The van der Waals surface area contributed by atoms with E-state index in [0.29, 0.717) is 5.69 Å². The van der Waals surface area contributed by atoms with Crippen molar-refractivity contribution in [2.24, 2.45) is 0 Å². The Morgan fingerprint density at radius 2 is 2.17 bits per heavy atom. The smallest absolute Gasteiger partial charge is 0.272 e. The number of benzene rings is 1. The number of aryl methyl sites for hydroxylation is 1. The Bertz CT molecular complexity index is 1020. The molecule has 0 aliphatic heterocycles. The second-order valence-corrected chi connectivity index (χ2v) is 5.46. The lowest BCUT2D eigenvalue weighted by atomic mass is 10.1. The molecule has 0 bridgehead atoms. The molecular formula is C15H10F2N4OS. The van der Waals surface area contributed by atoms with Gasteiger partial charge < -0.3 is 0 Å². The number of nitriles is 1. The molecule has 0 saturated heterocycles. The summed E-state index contributed by atoms with van der Waals surface area (Å²) in [6.07, 6.45) is 0. The van der Waals surface area contributed by atoms with E-state index in [1.165, 1.54) is 18.2 Å². The first-order chi connectivity index (χ1) is 10.9. The number of hydrogen-bond donors (Lipinski definition) is 2. The number of halogens is 2. The van der Waals surface area contributed by atoms with Crippen LogP contribution in [0.2, 0.25) is 0 Å². The predicted octanol–water partition coefficient (Wildman–Crippen LogP) is 2.50. The first-order valence-corrected chi connectivity index (χ1v) is 7.10. The normalized spacial score (nSPS) is 12.3. The third kappa shape index (κ3) is 2.39. The highest BCUT2D eigenvalue weighted by molar-refractivity contribution is 7.80. The fourth-order valence-electron chi connectivity index (χ4n) is 2.33. The van der Waals surface area contributed by atoms with Crippen molar-refractivity contribution in [3.63, 3.8) is 0 Å². The summed E-state index contributed by atoms with van der Waals surface area (Å²) in [7, 11) is 0. The molecular weight excluding hydrogens is 322 g/mol. The zero-order valence-electron chi connectivity index (χ0n) is 11.8. The molecule has 0 spiro atoms. The highest BCUT2D eigenvalue weighted by Crippen LogP contribution is 2.29. The summed E-state index contributed by atoms with van der Waals surface area (Å²) in [5.74, 6) is -2.05. The first kappa shape index (κ1) is 15.2. The Morgan fingerprint density at radius 1 is 1.43 bits per heavy atom. The van der Waals surface area contributed by atoms with Crippen LogP contribution in [-0.2, 0) is 0 Å². The Kier molecular flexibility index (Phi) is 3.66. The molecule has 23 heavy (non-hydrogen) atoms. The average molecular weight is 332 g/mol. The van der Waals surface area contributed by atoms with Gasteiger partial charge in [0.15, 0.2) is 17.3 Å². The summed E-state index contributed by atoms with van der Waals surface area (Å²) in [5, 5.41) is 11.0. The highest BCUT2D eigenvalue weighted by atomic mass is 32.1. The van der Waals surface area contributed by atoms with Gasteiger partial charge in [0.05, 0.1) is 16.6 Å². The molecule has 8 heteroatoms. The fraction of sp³-hybridized carbons (Fsp3) is 0.133. The Morgan fingerprint density at radius 3 is 2.87 bits per heavy atom. The summed E-state index contributed by atoms with van der Waals surface area (Å²) in [4.78, 5) is 16.4. The van der Waals surface area contributed by atoms with Gasteiger partial charge in [0, 0.05) is 11.6 Å². The largest absolute Gasteiger partial charge is 0.293 e. The third-order valence-electron chi connectivity index (χ3n) is 3.48. The third-order valence-corrected chi connectivity index (χ3v) is 4.03. The van der Waals surface area contributed by atoms with E-state index in [2.05, 4.69) is 22.7 Å². The van der Waals surface area contributed by atoms with Crippen LogP contribution < -0.4 is 5.56 Å². The molecule has 0 amide bonds. The van der Waals surface area contributed by atoms with Gasteiger partial charge in [-0.15, -0.1) is 0 Å². The zero-order chi connectivity index (χ0) is 16.7. The van der Waals surface area contributed by atoms with E-state index in [-0.39, 0.29) is 22.5 Å². The predicted molar refractivity (Wildman–Crippen MR) is 82.5 cm³/mol. The second kappa shape index (κ2) is 5.52. The highest BCUT2D eigenvalue weighted by Gasteiger charge is 2.21. The standard InChI is InChI=1S/C15H10F2N4OS/c1-7-9(6-18)15-19-11(5-12(22)21(15)20-7)14(23)8-3-2-4-10(16)13(8)17/h2-5,14,20,23H,1H3. The lowest BCUT2D eigenvalue weighted by Gasteiger charge is -2.12. The van der Waals surface area contributed by atoms with Crippen molar-refractivity contribution in [1.29, 1.82) is 5.26 Å². The maximum atomic E-state index is 13.9. The Hall–Kier alpha value is -2.66. The first-order valence-electron chi connectivity index (χ1n) is 6.58. The molecule has 0 aliphatic rings. The van der Waals surface area contributed by atoms with E-state index in [4.69, 9.17) is 5.26 Å². The molecule has 3 aromatic rings. The van der Waals surface area contributed by atoms with Gasteiger partial charge in [-0.2, -0.15) is 17.9 Å². The van der Waals surface area contributed by atoms with Crippen LogP contribution in [0.1, 0.15) is 27.8 Å². The van der Waals surface area contributed by atoms with E-state index in [1.54, 1.807) is 6.92 Å². The van der Waals surface area contributed by atoms with Crippen molar-refractivity contribution in [3.05, 3.63) is 68.8 Å². The van der Waals surface area contributed by atoms with Gasteiger partial charge in [-0.1, -0.05) is 12.1 Å².